The SMILES string of the molecule is COCC1CCN(CCC(CN)OC)C1. The van der Waals surface area contributed by atoms with Crippen LogP contribution in [0.4, 0.5) is 0 Å². The first kappa shape index (κ1) is 12.9. The van der Waals surface area contributed by atoms with Gasteiger partial charge in [-0.1, -0.05) is 0 Å². The van der Waals surface area contributed by atoms with Gasteiger partial charge in [0.2, 0.25) is 0 Å². The molecular formula is C11H24N2O2. The molecule has 15 heavy (non-hydrogen) atoms. The molecule has 1 rings (SSSR count). The van der Waals surface area contributed by atoms with Gasteiger partial charge in [-0.3, -0.25) is 0 Å². The number of likely N-dealkylation sites (tertiary alicyclic amines) is 1. The molecule has 0 saturated carbocycles. The third-order valence-electron chi connectivity index (χ3n) is 3.14. The van der Waals surface area contributed by atoms with Gasteiger partial charge in [0, 0.05) is 33.9 Å². The second-order valence-electron chi connectivity index (χ2n) is 4.29. The Morgan fingerprint density at radius 2 is 2.27 bits per heavy atom. The van der Waals surface area contributed by atoms with Gasteiger partial charge in [-0.2, -0.15) is 0 Å². The van der Waals surface area contributed by atoms with Crippen molar-refractivity contribution in [1.82, 2.24) is 4.90 Å². The summed E-state index contributed by atoms with van der Waals surface area (Å²) in [7, 11) is 3.51. The van der Waals surface area contributed by atoms with Crippen LogP contribution in [0.5, 0.6) is 0 Å². The monoisotopic (exact) mass is 216 g/mol. The number of nitrogens with zero attached hydrogens (tertiary/aromatic N) is 1. The van der Waals surface area contributed by atoms with E-state index < -0.39 is 0 Å². The lowest BCUT2D eigenvalue weighted by molar-refractivity contribution is 0.0908. The molecule has 1 saturated heterocycles. The molecule has 2 atom stereocenters. The van der Waals surface area contributed by atoms with Crippen molar-refractivity contribution in [1.29, 1.82) is 0 Å². The van der Waals surface area contributed by atoms with Crippen molar-refractivity contribution in [2.45, 2.75) is 18.9 Å². The molecule has 0 bridgehead atoms. The summed E-state index contributed by atoms with van der Waals surface area (Å²) in [6, 6.07) is 0. The maximum atomic E-state index is 5.58. The standard InChI is InChI=1S/C11H24N2O2/c1-14-9-10-3-5-13(8-10)6-4-11(7-12)15-2/h10-11H,3-9,12H2,1-2H3. The van der Waals surface area contributed by atoms with Crippen molar-refractivity contribution in [2.75, 3.05) is 47.0 Å². The molecule has 0 aromatic heterocycles. The highest BCUT2D eigenvalue weighted by Crippen LogP contribution is 2.16. The maximum Gasteiger partial charge on any atom is 0.0705 e. The molecule has 0 radical (unpaired) electrons. The zero-order valence-corrected chi connectivity index (χ0v) is 9.95. The molecule has 2 unspecified atom stereocenters. The van der Waals surface area contributed by atoms with Crippen LogP contribution in [-0.2, 0) is 9.47 Å². The number of rotatable bonds is 7. The first-order valence-corrected chi connectivity index (χ1v) is 5.74. The van der Waals surface area contributed by atoms with Crippen molar-refractivity contribution >= 4 is 0 Å². The topological polar surface area (TPSA) is 47.7 Å². The van der Waals surface area contributed by atoms with Crippen LogP contribution in [0.15, 0.2) is 0 Å². The average Bonchev–Trinajstić information content (AvgIpc) is 2.68. The molecule has 1 heterocycles. The maximum absolute atomic E-state index is 5.58. The predicted molar refractivity (Wildman–Crippen MR) is 60.9 cm³/mol. The zero-order valence-electron chi connectivity index (χ0n) is 9.95. The second-order valence-corrected chi connectivity index (χ2v) is 4.29. The Morgan fingerprint density at radius 1 is 1.47 bits per heavy atom. The lowest BCUT2D eigenvalue weighted by Crippen LogP contribution is -2.30. The van der Waals surface area contributed by atoms with Crippen molar-refractivity contribution < 1.29 is 9.47 Å². The van der Waals surface area contributed by atoms with Gasteiger partial charge in [0.25, 0.3) is 0 Å². The van der Waals surface area contributed by atoms with Gasteiger partial charge in [-0.25, -0.2) is 0 Å². The van der Waals surface area contributed by atoms with E-state index in [2.05, 4.69) is 4.90 Å². The van der Waals surface area contributed by atoms with Crippen molar-refractivity contribution in [3.63, 3.8) is 0 Å². The Labute approximate surface area is 92.7 Å². The van der Waals surface area contributed by atoms with Gasteiger partial charge < -0.3 is 20.1 Å². The van der Waals surface area contributed by atoms with E-state index in [9.17, 15) is 0 Å². The fourth-order valence-corrected chi connectivity index (χ4v) is 2.15. The van der Waals surface area contributed by atoms with E-state index in [1.807, 2.05) is 0 Å². The molecule has 0 aromatic carbocycles. The smallest absolute Gasteiger partial charge is 0.0705 e. The highest BCUT2D eigenvalue weighted by atomic mass is 16.5. The molecule has 0 aliphatic carbocycles. The highest BCUT2D eigenvalue weighted by Gasteiger charge is 2.22. The molecule has 0 amide bonds. The minimum absolute atomic E-state index is 0.214. The predicted octanol–water partition coefficient (Wildman–Crippen LogP) is 0.319. The van der Waals surface area contributed by atoms with E-state index in [0.717, 1.165) is 26.1 Å². The minimum atomic E-state index is 0.214. The number of ether oxygens (including phenoxy) is 2. The summed E-state index contributed by atoms with van der Waals surface area (Å²) in [5, 5.41) is 0. The van der Waals surface area contributed by atoms with E-state index in [1.165, 1.54) is 13.0 Å². The summed E-state index contributed by atoms with van der Waals surface area (Å²) >= 11 is 0. The van der Waals surface area contributed by atoms with Gasteiger partial charge in [-0.05, 0) is 25.3 Å². The average molecular weight is 216 g/mol. The van der Waals surface area contributed by atoms with Crippen LogP contribution >= 0.6 is 0 Å². The number of nitrogens with two attached hydrogens (primary N) is 1. The molecule has 1 aliphatic rings. The summed E-state index contributed by atoms with van der Waals surface area (Å²) in [5.41, 5.74) is 5.58. The van der Waals surface area contributed by atoms with Crippen LogP contribution < -0.4 is 5.73 Å². The number of hydrogen-bond acceptors (Lipinski definition) is 4. The van der Waals surface area contributed by atoms with E-state index in [-0.39, 0.29) is 6.10 Å². The quantitative estimate of drug-likeness (QED) is 0.666. The Morgan fingerprint density at radius 3 is 2.87 bits per heavy atom. The third-order valence-corrected chi connectivity index (χ3v) is 3.14. The molecule has 1 aliphatic heterocycles. The largest absolute Gasteiger partial charge is 0.384 e. The molecular weight excluding hydrogens is 192 g/mol. The molecule has 4 heteroatoms. The first-order chi connectivity index (χ1) is 7.30. The Bertz CT molecular complexity index is 163. The zero-order chi connectivity index (χ0) is 11.1. The Kier molecular flexibility index (Phi) is 6.17. The molecule has 90 valence electrons. The molecule has 0 spiro atoms. The van der Waals surface area contributed by atoms with Crippen molar-refractivity contribution in [3.05, 3.63) is 0 Å². The van der Waals surface area contributed by atoms with Crippen LogP contribution in [0.1, 0.15) is 12.8 Å². The van der Waals surface area contributed by atoms with Crippen molar-refractivity contribution in [3.8, 4) is 0 Å². The van der Waals surface area contributed by atoms with Crippen LogP contribution in [0.2, 0.25) is 0 Å². The van der Waals surface area contributed by atoms with Gasteiger partial charge in [0.15, 0.2) is 0 Å². The second kappa shape index (κ2) is 7.17. The highest BCUT2D eigenvalue weighted by molar-refractivity contribution is 4.76. The Balaban J connectivity index is 2.13. The summed E-state index contributed by atoms with van der Waals surface area (Å²) in [4.78, 5) is 2.48. The van der Waals surface area contributed by atoms with E-state index >= 15 is 0 Å². The molecule has 2 N–H and O–H groups in total. The van der Waals surface area contributed by atoms with Gasteiger partial charge >= 0.3 is 0 Å². The lowest BCUT2D eigenvalue weighted by Gasteiger charge is -2.19. The minimum Gasteiger partial charge on any atom is -0.384 e. The lowest BCUT2D eigenvalue weighted by atomic mass is 10.1. The fraction of sp³-hybridized carbons (Fsp3) is 1.00. The van der Waals surface area contributed by atoms with Gasteiger partial charge in [0.1, 0.15) is 0 Å². The van der Waals surface area contributed by atoms with E-state index in [4.69, 9.17) is 15.2 Å². The summed E-state index contributed by atoms with van der Waals surface area (Å²) < 4.78 is 10.4. The summed E-state index contributed by atoms with van der Waals surface area (Å²) in [6.07, 6.45) is 2.51. The van der Waals surface area contributed by atoms with Gasteiger partial charge in [0.05, 0.1) is 12.7 Å². The van der Waals surface area contributed by atoms with Gasteiger partial charge in [-0.15, -0.1) is 0 Å². The van der Waals surface area contributed by atoms with E-state index in [0.29, 0.717) is 12.5 Å². The fourth-order valence-electron chi connectivity index (χ4n) is 2.15. The number of methoxy groups -OCH3 is 2. The summed E-state index contributed by atoms with van der Waals surface area (Å²) in [5.74, 6) is 0.717. The third kappa shape index (κ3) is 4.47. The molecule has 4 nitrogen and oxygen atoms in total. The van der Waals surface area contributed by atoms with Crippen LogP contribution in [0, 0.1) is 5.92 Å². The molecule has 0 aromatic rings. The normalized spacial score (nSPS) is 24.6. The molecule has 1 fully saturated rings. The van der Waals surface area contributed by atoms with Crippen LogP contribution in [0.3, 0.4) is 0 Å². The Hall–Kier alpha value is -0.160. The van der Waals surface area contributed by atoms with Crippen LogP contribution in [-0.4, -0.2) is 58.0 Å². The van der Waals surface area contributed by atoms with Crippen LogP contribution in [0.25, 0.3) is 0 Å². The number of hydrogen-bond donors (Lipinski definition) is 1. The van der Waals surface area contributed by atoms with E-state index in [1.54, 1.807) is 14.2 Å². The summed E-state index contributed by atoms with van der Waals surface area (Å²) in [6.45, 7) is 4.95. The van der Waals surface area contributed by atoms with Crippen molar-refractivity contribution in [2.24, 2.45) is 11.7 Å². The first-order valence-electron chi connectivity index (χ1n) is 5.74.